The summed E-state index contributed by atoms with van der Waals surface area (Å²) < 4.78 is 10.8. The average Bonchev–Trinajstić information content (AvgIpc) is 3.27. The summed E-state index contributed by atoms with van der Waals surface area (Å²) in [5.41, 5.74) is 1.19. The fraction of sp³-hybridized carbons (Fsp3) is 0.600. The first kappa shape index (κ1) is 18.1. The third kappa shape index (κ3) is 3.74. The maximum Gasteiger partial charge on any atom is 0.231 e. The molecular formula is C20H27N3O4. The standard InChI is InChI=1S/C20H27N3O4/c1-14(2)23-12-16(10-19(23)24)20(25)22-7-5-21(6-8-22)11-15-3-4-17-18(9-15)27-13-26-17/h3-4,9,14,16H,5-8,10-13H2,1-2H3/t16-/m1/s1. The molecule has 0 spiro atoms. The highest BCUT2D eigenvalue weighted by atomic mass is 16.7. The number of fused-ring (bicyclic) bond motifs is 1. The Hall–Kier alpha value is -2.28. The highest BCUT2D eigenvalue weighted by Gasteiger charge is 2.38. The van der Waals surface area contributed by atoms with E-state index in [4.69, 9.17) is 9.47 Å². The summed E-state index contributed by atoms with van der Waals surface area (Å²) in [5.74, 6) is 1.66. The summed E-state index contributed by atoms with van der Waals surface area (Å²) in [6.45, 7) is 8.81. The number of nitrogens with zero attached hydrogens (tertiary/aromatic N) is 3. The lowest BCUT2D eigenvalue weighted by Crippen LogP contribution is -2.50. The van der Waals surface area contributed by atoms with Gasteiger partial charge >= 0.3 is 0 Å². The molecule has 0 saturated carbocycles. The Labute approximate surface area is 159 Å². The zero-order chi connectivity index (χ0) is 19.0. The quantitative estimate of drug-likeness (QED) is 0.797. The van der Waals surface area contributed by atoms with E-state index >= 15 is 0 Å². The molecule has 7 nitrogen and oxygen atoms in total. The van der Waals surface area contributed by atoms with Crippen molar-refractivity contribution in [3.63, 3.8) is 0 Å². The molecule has 1 atom stereocenters. The molecule has 0 bridgehead atoms. The molecule has 2 amide bonds. The first-order valence-electron chi connectivity index (χ1n) is 9.70. The molecule has 27 heavy (non-hydrogen) atoms. The van der Waals surface area contributed by atoms with Crippen LogP contribution in [0, 0.1) is 5.92 Å². The van der Waals surface area contributed by atoms with E-state index in [1.165, 1.54) is 5.56 Å². The number of ether oxygens (including phenoxy) is 2. The second kappa shape index (κ2) is 7.38. The Balaban J connectivity index is 1.29. The zero-order valence-electron chi connectivity index (χ0n) is 16.0. The molecule has 1 aromatic carbocycles. The van der Waals surface area contributed by atoms with Crippen molar-refractivity contribution in [2.75, 3.05) is 39.5 Å². The van der Waals surface area contributed by atoms with Crippen molar-refractivity contribution >= 4 is 11.8 Å². The summed E-state index contributed by atoms with van der Waals surface area (Å²) in [5, 5.41) is 0. The molecule has 0 unspecified atom stereocenters. The molecule has 3 aliphatic heterocycles. The second-order valence-electron chi connectivity index (χ2n) is 7.83. The van der Waals surface area contributed by atoms with Crippen LogP contribution in [-0.2, 0) is 16.1 Å². The van der Waals surface area contributed by atoms with Crippen LogP contribution >= 0.6 is 0 Å². The Bertz CT molecular complexity index is 728. The predicted octanol–water partition coefficient (Wildman–Crippen LogP) is 1.32. The monoisotopic (exact) mass is 373 g/mol. The third-order valence-electron chi connectivity index (χ3n) is 5.66. The highest BCUT2D eigenvalue weighted by Crippen LogP contribution is 2.33. The molecule has 7 heteroatoms. The van der Waals surface area contributed by atoms with E-state index in [0.717, 1.165) is 44.2 Å². The van der Waals surface area contributed by atoms with Crippen LogP contribution in [0.25, 0.3) is 0 Å². The van der Waals surface area contributed by atoms with E-state index in [9.17, 15) is 9.59 Å². The van der Waals surface area contributed by atoms with Crippen molar-refractivity contribution in [2.24, 2.45) is 5.92 Å². The number of likely N-dealkylation sites (tertiary alicyclic amines) is 1. The summed E-state index contributed by atoms with van der Waals surface area (Å²) in [6, 6.07) is 6.21. The van der Waals surface area contributed by atoms with Crippen LogP contribution in [-0.4, -0.2) is 72.1 Å². The smallest absolute Gasteiger partial charge is 0.231 e. The molecule has 0 aliphatic carbocycles. The van der Waals surface area contributed by atoms with Gasteiger partial charge < -0.3 is 19.3 Å². The minimum atomic E-state index is -0.180. The van der Waals surface area contributed by atoms with Crippen molar-refractivity contribution in [1.82, 2.24) is 14.7 Å². The van der Waals surface area contributed by atoms with Gasteiger partial charge in [0.25, 0.3) is 0 Å². The van der Waals surface area contributed by atoms with Crippen molar-refractivity contribution in [2.45, 2.75) is 32.9 Å². The van der Waals surface area contributed by atoms with Gasteiger partial charge in [-0.15, -0.1) is 0 Å². The molecule has 2 saturated heterocycles. The number of hydrogen-bond acceptors (Lipinski definition) is 5. The van der Waals surface area contributed by atoms with Gasteiger partial charge in [0.05, 0.1) is 5.92 Å². The number of amides is 2. The first-order valence-corrected chi connectivity index (χ1v) is 9.70. The lowest BCUT2D eigenvalue weighted by atomic mass is 10.1. The molecule has 1 aromatic rings. The Morgan fingerprint density at radius 3 is 2.59 bits per heavy atom. The van der Waals surface area contributed by atoms with Crippen molar-refractivity contribution in [3.05, 3.63) is 23.8 Å². The highest BCUT2D eigenvalue weighted by molar-refractivity contribution is 5.89. The summed E-state index contributed by atoms with van der Waals surface area (Å²) in [6.07, 6.45) is 0.356. The zero-order valence-corrected chi connectivity index (χ0v) is 16.0. The number of piperazine rings is 1. The van der Waals surface area contributed by atoms with Gasteiger partial charge in [-0.25, -0.2) is 0 Å². The number of hydrogen-bond donors (Lipinski definition) is 0. The molecule has 3 aliphatic rings. The van der Waals surface area contributed by atoms with E-state index in [1.54, 1.807) is 0 Å². The molecule has 146 valence electrons. The molecular weight excluding hydrogens is 346 g/mol. The molecule has 0 radical (unpaired) electrons. The normalized spacial score (nSPS) is 22.8. The maximum absolute atomic E-state index is 12.8. The Morgan fingerprint density at radius 2 is 1.89 bits per heavy atom. The van der Waals surface area contributed by atoms with Gasteiger partial charge in [-0.05, 0) is 31.5 Å². The lowest BCUT2D eigenvalue weighted by molar-refractivity contribution is -0.137. The fourth-order valence-corrected chi connectivity index (χ4v) is 4.08. The van der Waals surface area contributed by atoms with Gasteiger partial charge in [0.2, 0.25) is 18.6 Å². The topological polar surface area (TPSA) is 62.3 Å². The lowest BCUT2D eigenvalue weighted by Gasteiger charge is -2.36. The minimum Gasteiger partial charge on any atom is -0.454 e. The van der Waals surface area contributed by atoms with Crippen LogP contribution in [0.15, 0.2) is 18.2 Å². The SMILES string of the molecule is CC(C)N1C[C@H](C(=O)N2CCN(Cc3ccc4c(c3)OCO4)CC2)CC1=O. The van der Waals surface area contributed by atoms with E-state index in [0.29, 0.717) is 13.0 Å². The molecule has 0 N–H and O–H groups in total. The van der Waals surface area contributed by atoms with Gasteiger partial charge in [0.1, 0.15) is 0 Å². The third-order valence-corrected chi connectivity index (χ3v) is 5.66. The number of benzene rings is 1. The van der Waals surface area contributed by atoms with Crippen LogP contribution < -0.4 is 9.47 Å². The minimum absolute atomic E-state index is 0.102. The van der Waals surface area contributed by atoms with E-state index in [-0.39, 0.29) is 30.6 Å². The van der Waals surface area contributed by atoms with Gasteiger partial charge in [0, 0.05) is 51.7 Å². The number of rotatable bonds is 4. The Morgan fingerprint density at radius 1 is 1.15 bits per heavy atom. The molecule has 3 heterocycles. The summed E-state index contributed by atoms with van der Waals surface area (Å²) in [4.78, 5) is 31.0. The Kier molecular flexibility index (Phi) is 4.95. The van der Waals surface area contributed by atoms with Crippen LogP contribution in [0.2, 0.25) is 0 Å². The summed E-state index contributed by atoms with van der Waals surface area (Å²) in [7, 11) is 0. The van der Waals surface area contributed by atoms with E-state index in [2.05, 4.69) is 11.0 Å². The largest absolute Gasteiger partial charge is 0.454 e. The molecule has 4 rings (SSSR count). The van der Waals surface area contributed by atoms with Crippen molar-refractivity contribution < 1.29 is 19.1 Å². The molecule has 0 aromatic heterocycles. The van der Waals surface area contributed by atoms with Crippen LogP contribution in [0.1, 0.15) is 25.8 Å². The second-order valence-corrected chi connectivity index (χ2v) is 7.83. The van der Waals surface area contributed by atoms with Crippen LogP contribution in [0.3, 0.4) is 0 Å². The van der Waals surface area contributed by atoms with E-state index in [1.807, 2.05) is 35.8 Å². The van der Waals surface area contributed by atoms with E-state index < -0.39 is 0 Å². The van der Waals surface area contributed by atoms with Gasteiger partial charge in [0.15, 0.2) is 11.5 Å². The number of carbonyl (C=O) groups excluding carboxylic acids is 2. The summed E-state index contributed by atoms with van der Waals surface area (Å²) >= 11 is 0. The predicted molar refractivity (Wildman–Crippen MR) is 99.4 cm³/mol. The van der Waals surface area contributed by atoms with Crippen LogP contribution in [0.4, 0.5) is 0 Å². The maximum atomic E-state index is 12.8. The molecule has 2 fully saturated rings. The van der Waals surface area contributed by atoms with Crippen molar-refractivity contribution in [3.8, 4) is 11.5 Å². The number of carbonyl (C=O) groups is 2. The van der Waals surface area contributed by atoms with Gasteiger partial charge in [-0.2, -0.15) is 0 Å². The van der Waals surface area contributed by atoms with Gasteiger partial charge in [-0.3, -0.25) is 14.5 Å². The van der Waals surface area contributed by atoms with Crippen LogP contribution in [0.5, 0.6) is 11.5 Å². The fourth-order valence-electron chi connectivity index (χ4n) is 4.08. The first-order chi connectivity index (χ1) is 13.0. The van der Waals surface area contributed by atoms with Gasteiger partial charge in [-0.1, -0.05) is 6.07 Å². The average molecular weight is 373 g/mol. The van der Waals surface area contributed by atoms with Crippen molar-refractivity contribution in [1.29, 1.82) is 0 Å².